The minimum absolute atomic E-state index is 0.00339. The van der Waals surface area contributed by atoms with Crippen LogP contribution in [0.4, 0.5) is 5.69 Å². The largest absolute Gasteiger partial charge is 0.469 e. The van der Waals surface area contributed by atoms with Crippen molar-refractivity contribution in [1.29, 1.82) is 0 Å². The van der Waals surface area contributed by atoms with Crippen LogP contribution in [0.5, 0.6) is 0 Å². The van der Waals surface area contributed by atoms with E-state index in [2.05, 4.69) is 47.2 Å². The van der Waals surface area contributed by atoms with Crippen molar-refractivity contribution in [2.24, 2.45) is 0 Å². The van der Waals surface area contributed by atoms with Gasteiger partial charge in [0, 0.05) is 54.9 Å². The van der Waals surface area contributed by atoms with Crippen molar-refractivity contribution in [2.45, 2.75) is 62.0 Å². The lowest BCUT2D eigenvalue weighted by Gasteiger charge is -2.09. The Labute approximate surface area is 210 Å². The lowest BCUT2D eigenvalue weighted by atomic mass is 10.1. The van der Waals surface area contributed by atoms with Crippen molar-refractivity contribution in [2.75, 3.05) is 19.0 Å². The van der Waals surface area contributed by atoms with E-state index in [0.717, 1.165) is 11.1 Å². The molecule has 0 saturated heterocycles. The molecule has 0 aliphatic rings. The predicted molar refractivity (Wildman–Crippen MR) is 132 cm³/mol. The molecule has 1 aromatic rings. The Kier molecular flexibility index (Phi) is 14.5. The van der Waals surface area contributed by atoms with E-state index >= 15 is 0 Å². The number of nitrogens with one attached hydrogen (secondary N) is 2. The van der Waals surface area contributed by atoms with Gasteiger partial charge in [0.05, 0.1) is 13.7 Å². The van der Waals surface area contributed by atoms with Gasteiger partial charge in [-0.2, -0.15) is 0 Å². The quantitative estimate of drug-likeness (QED) is 0.171. The van der Waals surface area contributed by atoms with Crippen molar-refractivity contribution >= 4 is 66.9 Å². The maximum absolute atomic E-state index is 12.2. The van der Waals surface area contributed by atoms with E-state index in [4.69, 9.17) is 0 Å². The fourth-order valence-corrected chi connectivity index (χ4v) is 3.56. The van der Waals surface area contributed by atoms with Gasteiger partial charge in [-0.25, -0.2) is 0 Å². The number of carbonyl (C=O) groups excluding carboxylic acids is 5. The molecular formula is C23H30Br2N2O6. The molecule has 0 fully saturated rings. The molecule has 33 heavy (non-hydrogen) atoms. The highest BCUT2D eigenvalue weighted by atomic mass is 79.9. The third-order valence-electron chi connectivity index (χ3n) is 4.70. The number of amides is 2. The Bertz CT molecular complexity index is 822. The molecule has 182 valence electrons. The number of ketones is 2. The van der Waals surface area contributed by atoms with Gasteiger partial charge in [-0.05, 0) is 36.1 Å². The molecule has 2 amide bonds. The maximum atomic E-state index is 12.2. The Morgan fingerprint density at radius 2 is 1.33 bits per heavy atom. The summed E-state index contributed by atoms with van der Waals surface area (Å²) in [5, 5.41) is 6.60. The number of Topliss-reactive ketones (excluding diaryl/α,β-unsaturated/α-hetero) is 2. The van der Waals surface area contributed by atoms with E-state index in [0.29, 0.717) is 35.6 Å². The van der Waals surface area contributed by atoms with Crippen LogP contribution in [0.25, 0.3) is 0 Å². The summed E-state index contributed by atoms with van der Waals surface area (Å²) in [6.07, 6.45) is 1.81. The van der Waals surface area contributed by atoms with Crippen molar-refractivity contribution in [3.05, 3.63) is 29.3 Å². The van der Waals surface area contributed by atoms with E-state index in [1.165, 1.54) is 7.11 Å². The zero-order valence-electron chi connectivity index (χ0n) is 18.7. The lowest BCUT2D eigenvalue weighted by molar-refractivity contribution is -0.140. The first-order valence-electron chi connectivity index (χ1n) is 10.7. The van der Waals surface area contributed by atoms with Gasteiger partial charge in [-0.15, -0.1) is 0 Å². The molecule has 1 aromatic carbocycles. The van der Waals surface area contributed by atoms with Crippen LogP contribution in [0.2, 0.25) is 0 Å². The Morgan fingerprint density at radius 1 is 0.758 bits per heavy atom. The van der Waals surface area contributed by atoms with Crippen molar-refractivity contribution < 1.29 is 28.7 Å². The summed E-state index contributed by atoms with van der Waals surface area (Å²) in [6.45, 7) is -0.174. The van der Waals surface area contributed by atoms with E-state index in [1.54, 1.807) is 0 Å². The number of rotatable bonds is 16. The summed E-state index contributed by atoms with van der Waals surface area (Å²) in [6, 6.07) is 5.74. The van der Waals surface area contributed by atoms with E-state index < -0.39 is 0 Å². The van der Waals surface area contributed by atoms with Crippen LogP contribution < -0.4 is 10.6 Å². The second kappa shape index (κ2) is 16.5. The van der Waals surface area contributed by atoms with Gasteiger partial charge in [0.15, 0.2) is 5.78 Å². The second-order valence-electron chi connectivity index (χ2n) is 7.49. The second-order valence-corrected chi connectivity index (χ2v) is 8.61. The van der Waals surface area contributed by atoms with Crippen molar-refractivity contribution in [1.82, 2.24) is 5.32 Å². The molecule has 0 atom stereocenters. The van der Waals surface area contributed by atoms with Crippen LogP contribution in [0.1, 0.15) is 62.5 Å². The first-order valence-corrected chi connectivity index (χ1v) is 12.9. The van der Waals surface area contributed by atoms with Crippen LogP contribution in [0, 0.1) is 0 Å². The van der Waals surface area contributed by atoms with Crippen LogP contribution >= 0.6 is 31.9 Å². The molecule has 8 nitrogen and oxygen atoms in total. The monoisotopic (exact) mass is 588 g/mol. The highest BCUT2D eigenvalue weighted by molar-refractivity contribution is 9.08. The molecule has 10 heteroatoms. The lowest BCUT2D eigenvalue weighted by Crippen LogP contribution is -2.30. The summed E-state index contributed by atoms with van der Waals surface area (Å²) in [7, 11) is 1.32. The number of hydrogen-bond acceptors (Lipinski definition) is 6. The van der Waals surface area contributed by atoms with Gasteiger partial charge in [0.25, 0.3) is 0 Å². The summed E-state index contributed by atoms with van der Waals surface area (Å²) in [4.78, 5) is 58.8. The third kappa shape index (κ3) is 13.3. The van der Waals surface area contributed by atoms with Gasteiger partial charge in [-0.1, -0.05) is 37.9 Å². The van der Waals surface area contributed by atoms with Crippen LogP contribution in [0.15, 0.2) is 18.2 Å². The first kappa shape index (κ1) is 29.0. The number of benzene rings is 1. The highest BCUT2D eigenvalue weighted by Gasteiger charge is 2.12. The number of ether oxygens (including phenoxy) is 1. The number of methoxy groups -OCH3 is 1. The predicted octanol–water partition coefficient (Wildman–Crippen LogP) is 3.96. The summed E-state index contributed by atoms with van der Waals surface area (Å²) in [5.41, 5.74) is 2.73. The molecule has 0 bridgehead atoms. The summed E-state index contributed by atoms with van der Waals surface area (Å²) >= 11 is 6.80. The molecule has 0 aliphatic heterocycles. The average molecular weight is 590 g/mol. The number of esters is 1. The third-order valence-corrected chi connectivity index (χ3v) is 6.00. The summed E-state index contributed by atoms with van der Waals surface area (Å²) < 4.78 is 4.53. The molecule has 0 aliphatic carbocycles. The average Bonchev–Trinajstić information content (AvgIpc) is 2.82. The smallest absolute Gasteiger partial charge is 0.305 e. The fourth-order valence-electron chi connectivity index (χ4n) is 2.91. The van der Waals surface area contributed by atoms with Crippen LogP contribution in [-0.4, -0.2) is 43.0 Å². The molecule has 0 spiro atoms. The fraction of sp³-hybridized carbons (Fsp3) is 0.522. The Balaban J connectivity index is 2.23. The molecule has 1 rings (SSSR count). The Morgan fingerprint density at radius 3 is 1.94 bits per heavy atom. The number of carbonyl (C=O) groups is 5. The maximum Gasteiger partial charge on any atom is 0.305 e. The van der Waals surface area contributed by atoms with Crippen LogP contribution in [0.3, 0.4) is 0 Å². The van der Waals surface area contributed by atoms with Gasteiger partial charge in [-0.3, -0.25) is 24.0 Å². The Hall–Kier alpha value is -2.07. The highest BCUT2D eigenvalue weighted by Crippen LogP contribution is 2.19. The topological polar surface area (TPSA) is 119 Å². The normalized spacial score (nSPS) is 10.4. The number of halogens is 2. The molecular weight excluding hydrogens is 560 g/mol. The van der Waals surface area contributed by atoms with E-state index in [1.807, 2.05) is 18.2 Å². The van der Waals surface area contributed by atoms with Gasteiger partial charge in [0.1, 0.15) is 5.78 Å². The standard InChI is InChI=1S/C23H30Br2N2O6/c1-33-23(32)5-3-2-4-19(28)6-8-21(30)26-15-20(29)7-9-22(31)27-18-11-16(13-24)10-17(12-18)14-25/h10-12H,2-9,13-15H2,1H3,(H,26,30)(H,27,31). The van der Waals surface area contributed by atoms with Gasteiger partial charge in [0.2, 0.25) is 11.8 Å². The van der Waals surface area contributed by atoms with Crippen molar-refractivity contribution in [3.8, 4) is 0 Å². The number of anilines is 1. The van der Waals surface area contributed by atoms with E-state index in [-0.39, 0.29) is 68.0 Å². The molecule has 2 N–H and O–H groups in total. The van der Waals surface area contributed by atoms with Gasteiger partial charge >= 0.3 is 5.97 Å². The van der Waals surface area contributed by atoms with E-state index in [9.17, 15) is 24.0 Å². The minimum atomic E-state index is -0.385. The SMILES string of the molecule is COC(=O)CCCCC(=O)CCC(=O)NCC(=O)CCC(=O)Nc1cc(CBr)cc(CBr)c1. The molecule has 0 aromatic heterocycles. The van der Waals surface area contributed by atoms with Gasteiger partial charge < -0.3 is 15.4 Å². The molecule has 0 radical (unpaired) electrons. The number of unbranched alkanes of at least 4 members (excludes halogenated alkanes) is 1. The minimum Gasteiger partial charge on any atom is -0.469 e. The molecule has 0 heterocycles. The number of hydrogen-bond donors (Lipinski definition) is 2. The zero-order valence-corrected chi connectivity index (χ0v) is 21.9. The van der Waals surface area contributed by atoms with Crippen molar-refractivity contribution in [3.63, 3.8) is 0 Å². The first-order chi connectivity index (χ1) is 15.8. The molecule has 0 saturated carbocycles. The molecule has 0 unspecified atom stereocenters. The zero-order chi connectivity index (χ0) is 24.6. The summed E-state index contributed by atoms with van der Waals surface area (Å²) in [5.74, 6) is -1.30. The number of alkyl halides is 2. The van der Waals surface area contributed by atoms with Crippen LogP contribution in [-0.2, 0) is 39.4 Å².